The van der Waals surface area contributed by atoms with E-state index in [2.05, 4.69) is 54.8 Å². The molecule has 2 bridgehead atoms. The Kier molecular flexibility index (Phi) is 39.1. The van der Waals surface area contributed by atoms with Crippen LogP contribution in [0.3, 0.4) is 0 Å². The number of benzene rings is 2. The number of carboxylic acid groups (broad SMARTS) is 2. The molecule has 3 heterocycles. The van der Waals surface area contributed by atoms with Gasteiger partial charge in [-0.15, -0.1) is 0 Å². The Morgan fingerprint density at radius 2 is 1.11 bits per heavy atom. The molecule has 0 spiro atoms. The summed E-state index contributed by atoms with van der Waals surface area (Å²) in [6.45, 7) is 9.79. The lowest BCUT2D eigenvalue weighted by atomic mass is 9.97. The number of amides is 11. The van der Waals surface area contributed by atoms with Crippen molar-refractivity contribution in [1.82, 2.24) is 52.8 Å². The van der Waals surface area contributed by atoms with E-state index < -0.39 is 193 Å². The van der Waals surface area contributed by atoms with Gasteiger partial charge in [0.2, 0.25) is 65.0 Å². The molecule has 11 amide bonds. The number of aliphatic hydroxyl groups is 1. The summed E-state index contributed by atoms with van der Waals surface area (Å²) in [5.74, 6) is -15.5. The number of nitrogens with one attached hydrogen (secondary N) is 9. The number of esters is 1. The van der Waals surface area contributed by atoms with Crippen LogP contribution in [-0.2, 0) is 80.0 Å². The topological polar surface area (TPSA) is 493 Å². The number of carboxylic acids is 2. The third-order valence-electron chi connectivity index (χ3n) is 18.8. The fourth-order valence-corrected chi connectivity index (χ4v) is 12.4. The zero-order valence-corrected chi connectivity index (χ0v) is 61.6. The lowest BCUT2D eigenvalue weighted by Crippen LogP contribution is -2.62. The highest BCUT2D eigenvalue weighted by molar-refractivity contribution is 6.00. The van der Waals surface area contributed by atoms with Crippen LogP contribution >= 0.6 is 0 Å². The smallest absolute Gasteiger partial charge is 0.334 e. The number of aromatic hydroxyl groups is 1. The zero-order chi connectivity index (χ0) is 77.7. The minimum absolute atomic E-state index is 0.00688. The van der Waals surface area contributed by atoms with Crippen LogP contribution in [0, 0.1) is 11.8 Å². The number of phenols is 1. The fourth-order valence-electron chi connectivity index (χ4n) is 12.4. The van der Waals surface area contributed by atoms with Crippen LogP contribution in [0.25, 0.3) is 0 Å². The number of fused-ring (bicyclic) bond motifs is 23. The molecule has 5 rings (SSSR count). The largest absolute Gasteiger partial charge is 0.508 e. The minimum atomic E-state index is -1.97. The fraction of sp³-hybridized carbons (Fsp3) is 0.649. The highest BCUT2D eigenvalue weighted by Gasteiger charge is 2.42. The SMILES string of the molecule is CCCCCCCCCCCCCCCC(=O)N[C@H](CCC(=O)O)C(=O)N[C@@H](CCCN)C(=O)N[C@H]1Cc2ccc(cc2)OC(=O)[C@H]([C@@H](C)CC)NC(=O)[C@@H](Cc2ccc(O)cc2)NC(=O)[C@H](CCC(N)=O)NC(=O)[C@@H]2CCCN2C(=O)[C@@H](C(C)C)NC(=O)[C@H](CCC(=O)O)NC(=O)[C@@H]([C@H](C)O)NC1=O. The Morgan fingerprint density at radius 1 is 0.581 bits per heavy atom. The number of hydrogen-bond donors (Lipinski definition) is 15. The van der Waals surface area contributed by atoms with Gasteiger partial charge in [0.05, 0.1) is 6.10 Å². The van der Waals surface area contributed by atoms with Crippen LogP contribution in [0.5, 0.6) is 11.5 Å². The predicted molar refractivity (Wildman–Crippen MR) is 386 cm³/mol. The van der Waals surface area contributed by atoms with Crippen molar-refractivity contribution in [2.75, 3.05) is 13.1 Å². The van der Waals surface area contributed by atoms with Gasteiger partial charge in [-0.05, 0) is 112 Å². The normalized spacial score (nSPS) is 21.6. The lowest BCUT2D eigenvalue weighted by molar-refractivity contribution is -0.144. The summed E-state index contributed by atoms with van der Waals surface area (Å²) in [4.78, 5) is 196. The number of nitrogens with zero attached hydrogens (tertiary/aromatic N) is 1. The van der Waals surface area contributed by atoms with Gasteiger partial charge in [-0.3, -0.25) is 62.3 Å². The van der Waals surface area contributed by atoms with Gasteiger partial charge in [0.15, 0.2) is 0 Å². The van der Waals surface area contributed by atoms with Gasteiger partial charge < -0.3 is 89.4 Å². The molecular formula is C74H114N12O19. The molecule has 0 saturated carbocycles. The highest BCUT2D eigenvalue weighted by Crippen LogP contribution is 2.24. The van der Waals surface area contributed by atoms with Crippen molar-refractivity contribution in [2.45, 2.75) is 281 Å². The lowest BCUT2D eigenvalue weighted by Gasteiger charge is -2.32. The van der Waals surface area contributed by atoms with E-state index in [0.717, 1.165) is 43.9 Å². The quantitative estimate of drug-likeness (QED) is 0.0200. The Bertz CT molecular complexity index is 3210. The average molecular weight is 1480 g/mol. The summed E-state index contributed by atoms with van der Waals surface area (Å²) >= 11 is 0. The molecule has 3 aliphatic heterocycles. The number of nitrogens with two attached hydrogens (primary N) is 2. The molecule has 17 N–H and O–H groups in total. The molecule has 0 aromatic heterocycles. The van der Waals surface area contributed by atoms with Crippen LogP contribution in [0.1, 0.15) is 213 Å². The van der Waals surface area contributed by atoms with Gasteiger partial charge >= 0.3 is 17.9 Å². The number of rotatable bonds is 37. The monoisotopic (exact) mass is 1470 g/mol. The van der Waals surface area contributed by atoms with E-state index >= 15 is 0 Å². The second kappa shape index (κ2) is 46.5. The van der Waals surface area contributed by atoms with Gasteiger partial charge in [0.1, 0.15) is 71.9 Å². The molecule has 3 aliphatic rings. The Hall–Kier alpha value is -9.26. The van der Waals surface area contributed by atoms with E-state index in [1.807, 2.05) is 0 Å². The molecule has 584 valence electrons. The first-order valence-electron chi connectivity index (χ1n) is 37.2. The summed E-state index contributed by atoms with van der Waals surface area (Å²) in [5, 5.41) is 64.0. The van der Waals surface area contributed by atoms with E-state index in [0.29, 0.717) is 18.4 Å². The molecule has 105 heavy (non-hydrogen) atoms. The molecule has 0 unspecified atom stereocenters. The van der Waals surface area contributed by atoms with Crippen LogP contribution in [0.4, 0.5) is 0 Å². The van der Waals surface area contributed by atoms with E-state index in [4.69, 9.17) is 16.2 Å². The molecule has 2 aromatic rings. The number of carbonyl (C=O) groups excluding carboxylic acids is 12. The zero-order valence-electron chi connectivity index (χ0n) is 61.6. The first-order valence-corrected chi connectivity index (χ1v) is 37.2. The van der Waals surface area contributed by atoms with Crippen molar-refractivity contribution in [3.05, 3.63) is 59.7 Å². The molecular weight excluding hydrogens is 1360 g/mol. The van der Waals surface area contributed by atoms with Gasteiger partial charge in [-0.25, -0.2) is 4.79 Å². The number of primary amides is 1. The van der Waals surface area contributed by atoms with Crippen molar-refractivity contribution in [3.8, 4) is 11.5 Å². The average Bonchev–Trinajstić information content (AvgIpc) is 1.77. The van der Waals surface area contributed by atoms with Crippen molar-refractivity contribution in [1.29, 1.82) is 0 Å². The molecule has 0 aliphatic carbocycles. The first kappa shape index (κ1) is 88.1. The second-order valence-electron chi connectivity index (χ2n) is 27.9. The van der Waals surface area contributed by atoms with Crippen molar-refractivity contribution in [3.63, 3.8) is 0 Å². The molecule has 31 nitrogen and oxygen atoms in total. The molecule has 2 aromatic carbocycles. The Labute approximate surface area is 614 Å². The third kappa shape index (κ3) is 31.5. The number of ether oxygens (including phenoxy) is 1. The number of hydrogen-bond acceptors (Lipinski definition) is 18. The van der Waals surface area contributed by atoms with Crippen LogP contribution in [-0.4, -0.2) is 188 Å². The van der Waals surface area contributed by atoms with E-state index in [-0.39, 0.29) is 81.5 Å². The Morgan fingerprint density at radius 3 is 1.68 bits per heavy atom. The predicted octanol–water partition coefficient (Wildman–Crippen LogP) is 2.75. The van der Waals surface area contributed by atoms with Crippen LogP contribution < -0.4 is 64.1 Å². The van der Waals surface area contributed by atoms with Crippen molar-refractivity contribution >= 4 is 82.9 Å². The summed E-state index contributed by atoms with van der Waals surface area (Å²) in [6, 6.07) is -4.50. The summed E-state index contributed by atoms with van der Waals surface area (Å²) < 4.78 is 5.84. The van der Waals surface area contributed by atoms with E-state index in [1.54, 1.807) is 27.7 Å². The van der Waals surface area contributed by atoms with Gasteiger partial charge in [0, 0.05) is 45.1 Å². The Balaban J connectivity index is 1.77. The summed E-state index contributed by atoms with van der Waals surface area (Å²) in [7, 11) is 0. The summed E-state index contributed by atoms with van der Waals surface area (Å²) in [6.07, 6.45) is 9.07. The maximum absolute atomic E-state index is 14.9. The standard InChI is InChI=1S/C74H114N12O19/c1-7-9-10-11-12-13-14-15-16-17-18-19-20-25-59(90)77-52(35-38-60(91)92)66(96)78-51(23-21-40-75)65(95)81-56-43-48-28-32-50(33-29-48)105-74(104)63(45(5)8-2)84-69(99)55(42-47-26-30-49(88)31-27-47)82-67(97)53(34-37-58(76)89)79-71(101)57-24-22-41-86(57)73(103)62(44(3)4)83-68(98)54(36-39-61(93)94)80-72(102)64(46(6)87)85-70(56)100/h26-33,44-46,51-57,62-64,87-88H,7-25,34-43,75H2,1-6H3,(H2,76,89)(H,77,90)(H,78,96)(H,79,101)(H,80,102)(H,81,95)(H,82,97)(H,83,98)(H,84,99)(H,85,100)(H,91,92)(H,93,94)/t45-,46-,51-,52+,53-,54-,55+,56-,57-,62+,63-,64+/m0/s1. The number of carbonyl (C=O) groups is 14. The van der Waals surface area contributed by atoms with Crippen molar-refractivity contribution < 1.29 is 92.3 Å². The molecule has 0 radical (unpaired) electrons. The van der Waals surface area contributed by atoms with E-state index in [9.17, 15) is 87.5 Å². The minimum Gasteiger partial charge on any atom is -0.508 e. The van der Waals surface area contributed by atoms with Crippen molar-refractivity contribution in [2.24, 2.45) is 23.3 Å². The third-order valence-corrected chi connectivity index (χ3v) is 18.8. The number of aliphatic carboxylic acids is 2. The maximum Gasteiger partial charge on any atom is 0.334 e. The number of aliphatic hydroxyl groups excluding tert-OH is 1. The maximum atomic E-state index is 14.9. The van der Waals surface area contributed by atoms with Crippen LogP contribution in [0.2, 0.25) is 0 Å². The van der Waals surface area contributed by atoms with Gasteiger partial charge in [-0.1, -0.05) is 142 Å². The molecule has 12 atom stereocenters. The number of phenolic OH excluding ortho intramolecular Hbond substituents is 1. The summed E-state index contributed by atoms with van der Waals surface area (Å²) in [5.41, 5.74) is 12.1. The molecule has 1 saturated heterocycles. The number of unbranched alkanes of at least 4 members (excludes halogenated alkanes) is 12. The molecule has 1 fully saturated rings. The first-order chi connectivity index (χ1) is 50.0. The highest BCUT2D eigenvalue weighted by atomic mass is 16.5. The van der Waals surface area contributed by atoms with Gasteiger partial charge in [0.25, 0.3) is 0 Å². The van der Waals surface area contributed by atoms with E-state index in [1.165, 1.54) is 93.5 Å². The van der Waals surface area contributed by atoms with Crippen LogP contribution in [0.15, 0.2) is 48.5 Å². The van der Waals surface area contributed by atoms with Gasteiger partial charge in [-0.2, -0.15) is 0 Å². The molecule has 31 heteroatoms. The second-order valence-corrected chi connectivity index (χ2v) is 27.9.